The minimum Gasteiger partial charge on any atom is -0.303 e. The van der Waals surface area contributed by atoms with Gasteiger partial charge in [0.1, 0.15) is 9.21 Å². The smallest absolute Gasteiger partial charge is 0.303 e. The Morgan fingerprint density at radius 1 is 1.22 bits per heavy atom. The van der Waals surface area contributed by atoms with E-state index in [2.05, 4.69) is 41.8 Å². The van der Waals surface area contributed by atoms with E-state index in [1.807, 2.05) is 0 Å². The number of rotatable bonds is 2. The molecule has 0 aliphatic heterocycles. The second-order valence-corrected chi connectivity index (χ2v) is 4.42. The Hall–Kier alpha value is -0.840. The Kier molecular flexibility index (Phi) is 4.26. The second kappa shape index (κ2) is 5.03. The van der Waals surface area contributed by atoms with Crippen molar-refractivity contribution in [3.63, 3.8) is 0 Å². The van der Waals surface area contributed by atoms with Crippen molar-refractivity contribution in [1.29, 1.82) is 0 Å². The summed E-state index contributed by atoms with van der Waals surface area (Å²) >= 11 is 5.64. The highest BCUT2D eigenvalue weighted by Gasteiger charge is 2.63. The molecule has 1 rings (SSSR count). The van der Waals surface area contributed by atoms with Crippen molar-refractivity contribution >= 4 is 43.6 Å². The molecule has 0 saturated heterocycles. The normalized spacial score (nSPS) is 12.4. The van der Waals surface area contributed by atoms with E-state index in [0.717, 1.165) is 6.20 Å². The molecule has 0 aliphatic rings. The molecule has 1 heterocycles. The number of hydrogen-bond acceptors (Lipinski definition) is 3. The van der Waals surface area contributed by atoms with Crippen LogP contribution in [0.15, 0.2) is 15.4 Å². The first-order valence-corrected chi connectivity index (χ1v) is 5.58. The van der Waals surface area contributed by atoms with Gasteiger partial charge < -0.3 is 5.32 Å². The lowest BCUT2D eigenvalue weighted by Gasteiger charge is -2.18. The molecule has 0 spiro atoms. The predicted octanol–water partition coefficient (Wildman–Crippen LogP) is 3.14. The van der Waals surface area contributed by atoms with Crippen molar-refractivity contribution in [2.24, 2.45) is 0 Å². The molecule has 0 aromatic carbocycles. The van der Waals surface area contributed by atoms with Crippen molar-refractivity contribution in [2.45, 2.75) is 12.1 Å². The molecule has 1 N–H and O–H groups in total. The maximum Gasteiger partial charge on any atom is 0.463 e. The van der Waals surface area contributed by atoms with Gasteiger partial charge in [-0.05, 0) is 31.9 Å². The fourth-order valence-corrected chi connectivity index (χ4v) is 1.66. The largest absolute Gasteiger partial charge is 0.463 e. The Bertz CT molecular complexity index is 479. The summed E-state index contributed by atoms with van der Waals surface area (Å²) in [6, 6.07) is 0. The van der Waals surface area contributed by atoms with Crippen LogP contribution < -0.4 is 5.32 Å². The van der Waals surface area contributed by atoms with Crippen LogP contribution in [0.2, 0.25) is 0 Å². The minimum absolute atomic E-state index is 0.191. The molecule has 100 valence electrons. The minimum atomic E-state index is -5.98. The topological polar surface area (TPSA) is 54.9 Å². The number of nitrogens with one attached hydrogen (secondary N) is 1. The zero-order valence-corrected chi connectivity index (χ0v) is 11.2. The van der Waals surface area contributed by atoms with E-state index in [-0.39, 0.29) is 9.21 Å². The first-order chi connectivity index (χ1) is 8.05. The van der Waals surface area contributed by atoms with Crippen molar-refractivity contribution in [2.75, 3.05) is 5.32 Å². The quantitative estimate of drug-likeness (QED) is 0.778. The Morgan fingerprint density at radius 2 is 1.78 bits per heavy atom. The fraction of sp³-hybridized carbons (Fsp3) is 0.286. The summed E-state index contributed by atoms with van der Waals surface area (Å²) in [5.41, 5.74) is 0. The summed E-state index contributed by atoms with van der Waals surface area (Å²) in [5.74, 6) is -8.60. The van der Waals surface area contributed by atoms with Crippen molar-refractivity contribution in [1.82, 2.24) is 9.97 Å². The summed E-state index contributed by atoms with van der Waals surface area (Å²) < 4.78 is 60.9. The van der Waals surface area contributed by atoms with Crippen LogP contribution in [0.4, 0.5) is 27.8 Å². The molecular formula is C7H2Br2F5N3O. The number of aromatic nitrogens is 2. The second-order valence-electron chi connectivity index (χ2n) is 2.86. The maximum atomic E-state index is 12.6. The van der Waals surface area contributed by atoms with Gasteiger partial charge in [-0.1, -0.05) is 0 Å². The Balaban J connectivity index is 2.95. The maximum absolute atomic E-state index is 12.6. The van der Waals surface area contributed by atoms with Gasteiger partial charge in [-0.2, -0.15) is 22.0 Å². The molecule has 0 bridgehead atoms. The number of carbonyl (C=O) groups excluding carboxylic acids is 1. The highest BCUT2D eigenvalue weighted by Crippen LogP contribution is 2.36. The molecule has 11 heteroatoms. The lowest BCUT2D eigenvalue weighted by Crippen LogP contribution is -2.47. The molecule has 18 heavy (non-hydrogen) atoms. The van der Waals surface area contributed by atoms with E-state index in [1.54, 1.807) is 0 Å². The van der Waals surface area contributed by atoms with E-state index in [0.29, 0.717) is 0 Å². The van der Waals surface area contributed by atoms with Crippen LogP contribution in [-0.4, -0.2) is 28.0 Å². The van der Waals surface area contributed by atoms with E-state index in [4.69, 9.17) is 0 Å². The SMILES string of the molecule is O=C(Nc1ncc(Br)nc1Br)C(F)(F)C(F)(F)F. The van der Waals surface area contributed by atoms with Crippen LogP contribution in [-0.2, 0) is 4.79 Å². The molecule has 0 fully saturated rings. The zero-order valence-electron chi connectivity index (χ0n) is 8.03. The van der Waals surface area contributed by atoms with Gasteiger partial charge in [0.25, 0.3) is 0 Å². The highest BCUT2D eigenvalue weighted by molar-refractivity contribution is 9.11. The number of nitrogens with zero attached hydrogens (tertiary/aromatic N) is 2. The first-order valence-electron chi connectivity index (χ1n) is 3.99. The average Bonchev–Trinajstić information content (AvgIpc) is 2.20. The van der Waals surface area contributed by atoms with Crippen LogP contribution in [0, 0.1) is 0 Å². The number of hydrogen-bond donors (Lipinski definition) is 1. The zero-order chi connectivity index (χ0) is 14.1. The van der Waals surface area contributed by atoms with Gasteiger partial charge in [0.15, 0.2) is 5.82 Å². The van der Waals surface area contributed by atoms with Crippen LogP contribution in [0.3, 0.4) is 0 Å². The van der Waals surface area contributed by atoms with E-state index >= 15 is 0 Å². The van der Waals surface area contributed by atoms with Crippen molar-refractivity contribution < 1.29 is 26.7 Å². The van der Waals surface area contributed by atoms with Crippen LogP contribution >= 0.6 is 31.9 Å². The first kappa shape index (κ1) is 15.2. The molecule has 4 nitrogen and oxygen atoms in total. The number of amides is 1. The summed E-state index contributed by atoms with van der Waals surface area (Å²) in [6.45, 7) is 0. The number of alkyl halides is 5. The van der Waals surface area contributed by atoms with Gasteiger partial charge in [0.2, 0.25) is 0 Å². The molecule has 0 aliphatic carbocycles. The fourth-order valence-electron chi connectivity index (χ4n) is 0.745. The van der Waals surface area contributed by atoms with Crippen molar-refractivity contribution in [3.8, 4) is 0 Å². The molecular weight excluding hydrogens is 397 g/mol. The molecule has 0 saturated carbocycles. The molecule has 1 amide bonds. The lowest BCUT2D eigenvalue weighted by atomic mass is 10.3. The molecule has 1 aromatic heterocycles. The van der Waals surface area contributed by atoms with E-state index < -0.39 is 23.8 Å². The van der Waals surface area contributed by atoms with Gasteiger partial charge in [-0.15, -0.1) is 0 Å². The Labute approximate surface area is 113 Å². The van der Waals surface area contributed by atoms with Crippen LogP contribution in [0.5, 0.6) is 0 Å². The van der Waals surface area contributed by atoms with Gasteiger partial charge in [-0.3, -0.25) is 4.79 Å². The lowest BCUT2D eigenvalue weighted by molar-refractivity contribution is -0.267. The van der Waals surface area contributed by atoms with Gasteiger partial charge in [0.05, 0.1) is 6.20 Å². The predicted molar refractivity (Wildman–Crippen MR) is 57.1 cm³/mol. The molecule has 0 unspecified atom stereocenters. The van der Waals surface area contributed by atoms with Crippen molar-refractivity contribution in [3.05, 3.63) is 15.4 Å². The van der Waals surface area contributed by atoms with E-state index in [9.17, 15) is 26.7 Å². The summed E-state index contributed by atoms with van der Waals surface area (Å²) in [7, 11) is 0. The summed E-state index contributed by atoms with van der Waals surface area (Å²) in [6.07, 6.45) is -4.96. The highest BCUT2D eigenvalue weighted by atomic mass is 79.9. The summed E-state index contributed by atoms with van der Waals surface area (Å²) in [4.78, 5) is 17.9. The molecule has 0 radical (unpaired) electrons. The third kappa shape index (κ3) is 3.13. The Morgan fingerprint density at radius 3 is 2.22 bits per heavy atom. The van der Waals surface area contributed by atoms with Crippen LogP contribution in [0.1, 0.15) is 0 Å². The number of halogens is 7. The standard InChI is InChI=1S/C7H2Br2F5N3O/c8-2-1-15-4(3(9)16-2)17-5(18)6(10,11)7(12,13)14/h1H,(H,15,17,18). The number of carbonyl (C=O) groups is 1. The number of anilines is 1. The van der Waals surface area contributed by atoms with Crippen LogP contribution in [0.25, 0.3) is 0 Å². The average molecular weight is 399 g/mol. The third-order valence-corrected chi connectivity index (χ3v) is 2.51. The molecule has 1 aromatic rings. The van der Waals surface area contributed by atoms with Gasteiger partial charge in [0, 0.05) is 0 Å². The van der Waals surface area contributed by atoms with Gasteiger partial charge >= 0.3 is 18.0 Å². The van der Waals surface area contributed by atoms with Gasteiger partial charge in [-0.25, -0.2) is 9.97 Å². The van der Waals surface area contributed by atoms with E-state index in [1.165, 1.54) is 5.32 Å². The molecule has 0 atom stereocenters. The third-order valence-electron chi connectivity index (χ3n) is 1.57. The summed E-state index contributed by atoms with van der Waals surface area (Å²) in [5, 5.41) is 1.33. The monoisotopic (exact) mass is 397 g/mol.